The lowest BCUT2D eigenvalue weighted by molar-refractivity contribution is -0.127. The Morgan fingerprint density at radius 3 is 2.62 bits per heavy atom. The summed E-state index contributed by atoms with van der Waals surface area (Å²) in [5, 5.41) is 11.1. The van der Waals surface area contributed by atoms with E-state index in [1.165, 1.54) is 4.90 Å². The molecule has 0 rings (SSSR count). The molecule has 1 amide bonds. The second-order valence-electron chi connectivity index (χ2n) is 3.09. The van der Waals surface area contributed by atoms with Crippen molar-refractivity contribution in [3.8, 4) is 0 Å². The number of hydrogen-bond acceptors (Lipinski definition) is 4. The number of oxime groups is 1. The van der Waals surface area contributed by atoms with Crippen LogP contribution in [0.4, 0.5) is 0 Å². The van der Waals surface area contributed by atoms with Crippen molar-refractivity contribution in [2.75, 3.05) is 12.8 Å². The molecular weight excluding hydrogens is 188 g/mol. The summed E-state index contributed by atoms with van der Waals surface area (Å²) in [4.78, 5) is 12.9. The molecule has 0 radical (unpaired) electrons. The van der Waals surface area contributed by atoms with Crippen molar-refractivity contribution >= 4 is 24.0 Å². The SMILES string of the molecule is CCSC(C)(C)C(=O)N(C)C=NO. The highest BCUT2D eigenvalue weighted by atomic mass is 32.2. The third-order valence-electron chi connectivity index (χ3n) is 1.57. The summed E-state index contributed by atoms with van der Waals surface area (Å²) in [7, 11) is 1.57. The molecule has 0 bridgehead atoms. The zero-order valence-electron chi connectivity index (χ0n) is 8.44. The van der Waals surface area contributed by atoms with Crippen LogP contribution in [0.25, 0.3) is 0 Å². The Labute approximate surface area is 83.0 Å². The summed E-state index contributed by atoms with van der Waals surface area (Å²) in [5.41, 5.74) is 0. The van der Waals surface area contributed by atoms with Crippen LogP contribution in [0.1, 0.15) is 20.8 Å². The second kappa shape index (κ2) is 5.11. The van der Waals surface area contributed by atoms with Crippen LogP contribution in [-0.4, -0.2) is 39.9 Å². The smallest absolute Gasteiger partial charge is 0.243 e. The maximum absolute atomic E-state index is 11.6. The third kappa shape index (κ3) is 3.67. The first-order valence-electron chi connectivity index (χ1n) is 4.04. The van der Waals surface area contributed by atoms with Crippen LogP contribution in [0.5, 0.6) is 0 Å². The molecule has 0 aromatic rings. The van der Waals surface area contributed by atoms with Crippen molar-refractivity contribution in [3.05, 3.63) is 0 Å². The van der Waals surface area contributed by atoms with Gasteiger partial charge >= 0.3 is 0 Å². The highest BCUT2D eigenvalue weighted by Crippen LogP contribution is 2.25. The van der Waals surface area contributed by atoms with Gasteiger partial charge in [-0.25, -0.2) is 0 Å². The van der Waals surface area contributed by atoms with Crippen molar-refractivity contribution < 1.29 is 10.0 Å². The summed E-state index contributed by atoms with van der Waals surface area (Å²) in [6, 6.07) is 0. The molecule has 0 saturated carbocycles. The zero-order valence-corrected chi connectivity index (χ0v) is 9.26. The van der Waals surface area contributed by atoms with Crippen LogP contribution in [-0.2, 0) is 4.79 Å². The van der Waals surface area contributed by atoms with E-state index in [0.29, 0.717) is 0 Å². The van der Waals surface area contributed by atoms with E-state index in [9.17, 15) is 4.79 Å². The van der Waals surface area contributed by atoms with Crippen molar-refractivity contribution in [1.29, 1.82) is 0 Å². The highest BCUT2D eigenvalue weighted by Gasteiger charge is 2.29. The molecule has 0 aliphatic heterocycles. The van der Waals surface area contributed by atoms with Gasteiger partial charge in [0.1, 0.15) is 6.34 Å². The predicted molar refractivity (Wildman–Crippen MR) is 55.3 cm³/mol. The average Bonchev–Trinajstić information content (AvgIpc) is 2.03. The molecule has 76 valence electrons. The van der Waals surface area contributed by atoms with Crippen LogP contribution >= 0.6 is 11.8 Å². The van der Waals surface area contributed by atoms with Gasteiger partial charge in [0.05, 0.1) is 4.75 Å². The van der Waals surface area contributed by atoms with Gasteiger partial charge in [0.25, 0.3) is 0 Å². The van der Waals surface area contributed by atoms with E-state index in [2.05, 4.69) is 5.16 Å². The topological polar surface area (TPSA) is 52.9 Å². The lowest BCUT2D eigenvalue weighted by atomic mass is 10.2. The van der Waals surface area contributed by atoms with Crippen molar-refractivity contribution in [3.63, 3.8) is 0 Å². The van der Waals surface area contributed by atoms with Gasteiger partial charge in [0.2, 0.25) is 5.91 Å². The number of amides is 1. The second-order valence-corrected chi connectivity index (χ2v) is 4.98. The van der Waals surface area contributed by atoms with E-state index in [1.54, 1.807) is 18.8 Å². The minimum Gasteiger partial charge on any atom is -0.410 e. The summed E-state index contributed by atoms with van der Waals surface area (Å²) < 4.78 is -0.468. The third-order valence-corrected chi connectivity index (χ3v) is 2.75. The fraction of sp³-hybridized carbons (Fsp3) is 0.750. The number of thioether (sulfide) groups is 1. The van der Waals surface area contributed by atoms with E-state index in [0.717, 1.165) is 12.1 Å². The molecule has 0 aromatic heterocycles. The number of carbonyl (C=O) groups excluding carboxylic acids is 1. The van der Waals surface area contributed by atoms with E-state index < -0.39 is 4.75 Å². The van der Waals surface area contributed by atoms with Gasteiger partial charge < -0.3 is 10.1 Å². The molecule has 13 heavy (non-hydrogen) atoms. The molecule has 0 fully saturated rings. The molecule has 1 N–H and O–H groups in total. The Kier molecular flexibility index (Phi) is 4.83. The van der Waals surface area contributed by atoms with Crippen molar-refractivity contribution in [1.82, 2.24) is 4.90 Å². The molecular formula is C8H16N2O2S. The van der Waals surface area contributed by atoms with Gasteiger partial charge in [-0.3, -0.25) is 4.79 Å². The molecule has 0 unspecified atom stereocenters. The minimum absolute atomic E-state index is 0.0721. The van der Waals surface area contributed by atoms with Crippen molar-refractivity contribution in [2.45, 2.75) is 25.5 Å². The molecule has 0 saturated heterocycles. The first kappa shape index (κ1) is 12.3. The molecule has 5 heteroatoms. The summed E-state index contributed by atoms with van der Waals surface area (Å²) in [6.07, 6.45) is 1.10. The Morgan fingerprint density at radius 2 is 2.23 bits per heavy atom. The molecule has 0 aliphatic carbocycles. The first-order valence-corrected chi connectivity index (χ1v) is 5.03. The average molecular weight is 204 g/mol. The fourth-order valence-corrected chi connectivity index (χ4v) is 1.97. The summed E-state index contributed by atoms with van der Waals surface area (Å²) in [6.45, 7) is 5.70. The molecule has 0 aliphatic rings. The van der Waals surface area contributed by atoms with Crippen LogP contribution in [0.2, 0.25) is 0 Å². The Morgan fingerprint density at radius 1 is 1.69 bits per heavy atom. The van der Waals surface area contributed by atoms with Crippen LogP contribution in [0.15, 0.2) is 5.16 Å². The van der Waals surface area contributed by atoms with E-state index in [1.807, 2.05) is 20.8 Å². The Hall–Kier alpha value is -0.710. The largest absolute Gasteiger partial charge is 0.410 e. The summed E-state index contributed by atoms with van der Waals surface area (Å²) >= 11 is 1.56. The minimum atomic E-state index is -0.468. The Balaban J connectivity index is 4.39. The van der Waals surface area contributed by atoms with Crippen molar-refractivity contribution in [2.24, 2.45) is 5.16 Å². The lowest BCUT2D eigenvalue weighted by Gasteiger charge is -2.25. The molecule has 0 atom stereocenters. The quantitative estimate of drug-likeness (QED) is 0.326. The number of carbonyl (C=O) groups is 1. The molecule has 0 heterocycles. The fourth-order valence-electron chi connectivity index (χ4n) is 0.977. The Bertz CT molecular complexity index is 204. The van der Waals surface area contributed by atoms with E-state index in [-0.39, 0.29) is 5.91 Å². The number of nitrogens with zero attached hydrogens (tertiary/aromatic N) is 2. The van der Waals surface area contributed by atoms with Gasteiger partial charge in [-0.15, -0.1) is 11.8 Å². The van der Waals surface area contributed by atoms with E-state index >= 15 is 0 Å². The number of rotatable bonds is 4. The summed E-state index contributed by atoms with van der Waals surface area (Å²) in [5.74, 6) is 0.806. The van der Waals surface area contributed by atoms with Crippen LogP contribution in [0, 0.1) is 0 Å². The van der Waals surface area contributed by atoms with Gasteiger partial charge in [-0.1, -0.05) is 12.1 Å². The highest BCUT2D eigenvalue weighted by molar-refractivity contribution is 8.01. The molecule has 0 spiro atoms. The van der Waals surface area contributed by atoms with E-state index in [4.69, 9.17) is 5.21 Å². The normalized spacial score (nSPS) is 12.0. The van der Waals surface area contributed by atoms with Crippen LogP contribution in [0.3, 0.4) is 0 Å². The number of hydrogen-bond donors (Lipinski definition) is 1. The predicted octanol–water partition coefficient (Wildman–Crippen LogP) is 1.39. The maximum Gasteiger partial charge on any atom is 0.243 e. The van der Waals surface area contributed by atoms with Gasteiger partial charge in [0.15, 0.2) is 0 Å². The monoisotopic (exact) mass is 204 g/mol. The lowest BCUT2D eigenvalue weighted by Crippen LogP contribution is -2.40. The standard InChI is InChI=1S/C8H16N2O2S/c1-5-13-8(2,3)7(11)10(4)6-9-12/h6,12H,5H2,1-4H3. The molecule has 0 aromatic carbocycles. The van der Waals surface area contributed by atoms with Crippen LogP contribution < -0.4 is 0 Å². The van der Waals surface area contributed by atoms with Gasteiger partial charge in [-0.2, -0.15) is 0 Å². The first-order chi connectivity index (χ1) is 5.95. The van der Waals surface area contributed by atoms with Gasteiger partial charge in [0, 0.05) is 7.05 Å². The maximum atomic E-state index is 11.6. The van der Waals surface area contributed by atoms with Gasteiger partial charge in [-0.05, 0) is 19.6 Å². The molecule has 4 nitrogen and oxygen atoms in total. The zero-order chi connectivity index (χ0) is 10.5.